The quantitative estimate of drug-likeness (QED) is 0.112. The molecule has 1 aliphatic heterocycles. The molecule has 21 nitrogen and oxygen atoms in total. The monoisotopic (exact) mass is 1390 g/mol. The first kappa shape index (κ1) is 66.8. The summed E-state index contributed by atoms with van der Waals surface area (Å²) in [7, 11) is 4.19. The van der Waals surface area contributed by atoms with E-state index in [0.717, 1.165) is 154 Å². The number of aromatic nitrogens is 21. The summed E-state index contributed by atoms with van der Waals surface area (Å²) < 4.78 is 29.6. The highest BCUT2D eigenvalue weighted by molar-refractivity contribution is 6.07. The Bertz CT molecular complexity index is 6370. The van der Waals surface area contributed by atoms with Crippen molar-refractivity contribution >= 4 is 82.6 Å². The summed E-state index contributed by atoms with van der Waals surface area (Å²) in [6.07, 6.45) is 12.9. The molecule has 105 heavy (non-hydrogen) atoms. The van der Waals surface area contributed by atoms with Crippen LogP contribution in [0.25, 0.3) is 94.0 Å². The molecule has 0 spiro atoms. The minimum atomic E-state index is -0.352. The molecule has 0 N–H and O–H groups in total. The second-order valence-electron chi connectivity index (χ2n) is 26.7. The van der Waals surface area contributed by atoms with E-state index in [0.29, 0.717) is 18.7 Å². The van der Waals surface area contributed by atoms with Crippen molar-refractivity contribution < 1.29 is 4.39 Å². The summed E-state index contributed by atoms with van der Waals surface area (Å²) in [5.41, 5.74) is 17.6. The molecule has 0 unspecified atom stereocenters. The van der Waals surface area contributed by atoms with Gasteiger partial charge in [0.05, 0.1) is 27.8 Å². The van der Waals surface area contributed by atoms with Gasteiger partial charge in [0, 0.05) is 123 Å². The molecule has 14 heterocycles. The smallest absolute Gasteiger partial charge is 0.191 e. The first-order valence-electron chi connectivity index (χ1n) is 35.3. The summed E-state index contributed by atoms with van der Waals surface area (Å²) in [6, 6.07) is 61.2. The zero-order valence-corrected chi connectivity index (χ0v) is 58.9. The highest BCUT2D eigenvalue weighted by atomic mass is 19.1. The van der Waals surface area contributed by atoms with Gasteiger partial charge in [0.2, 0.25) is 0 Å². The van der Waals surface area contributed by atoms with Crippen molar-refractivity contribution in [3.8, 4) is 11.4 Å². The minimum Gasteiger partial charge on any atom is -0.331 e. The molecule has 0 radical (unpaired) electrons. The Morgan fingerprint density at radius 2 is 0.990 bits per heavy atom. The van der Waals surface area contributed by atoms with Gasteiger partial charge in [-0.2, -0.15) is 25.5 Å². The lowest BCUT2D eigenvalue weighted by molar-refractivity contribution is 0.596. The molecule has 6 aromatic carbocycles. The van der Waals surface area contributed by atoms with Gasteiger partial charge >= 0.3 is 0 Å². The standard InChI is InChI=1S/C21H18FN5.2C21H19N5.C19H18N6.CH4/c1-13-7-8-17(22)21-24-19(25-27(13)21)10-9-18-14(2)26-12-11-15-5-3-4-6-16(15)20(26)23-18;1-14-13-17-21(16-8-4-3-7-15(14)16)23-19(25(17)2)11-10-18-22-20-9-5-6-12-26(20)24-18;1-14-13-15-7-3-4-8-16(15)20-21(14)25(2)18(23-20)11-10-17-22-19-9-5-6-12-26(19)24-17;1-13-5-4-8-18-20-16(23-25(13)18)9-10-17-21-19-15-7-3-2-6-14(15)11-12-24(19)22-17;/h3-8,11-12H,9-10H2,1-2H3;2*3-9,12-13H,10-11H2,1-2H3;2-8H,9-12H2,1H3;1H4. The Morgan fingerprint density at radius 1 is 0.410 bits per heavy atom. The van der Waals surface area contributed by atoms with Crippen LogP contribution in [0, 0.1) is 40.4 Å². The van der Waals surface area contributed by atoms with Crippen molar-refractivity contribution in [2.75, 3.05) is 0 Å². The predicted molar refractivity (Wildman–Crippen MR) is 410 cm³/mol. The molecular weight excluding hydrogens is 1310 g/mol. The lowest BCUT2D eigenvalue weighted by atomic mass is 10.0. The Morgan fingerprint density at radius 3 is 1.72 bits per heavy atom. The van der Waals surface area contributed by atoms with Gasteiger partial charge < -0.3 is 13.5 Å². The maximum Gasteiger partial charge on any atom is 0.191 e. The van der Waals surface area contributed by atoms with E-state index >= 15 is 0 Å². The van der Waals surface area contributed by atoms with Crippen molar-refractivity contribution in [3.63, 3.8) is 0 Å². The summed E-state index contributed by atoms with van der Waals surface area (Å²) in [5, 5.41) is 30.1. The number of rotatable bonds is 12. The van der Waals surface area contributed by atoms with Crippen molar-refractivity contribution in [3.05, 3.63) is 287 Å². The third kappa shape index (κ3) is 12.8. The largest absolute Gasteiger partial charge is 0.331 e. The van der Waals surface area contributed by atoms with E-state index < -0.39 is 0 Å². The van der Waals surface area contributed by atoms with E-state index in [2.05, 4.69) is 203 Å². The van der Waals surface area contributed by atoms with Gasteiger partial charge in [0.15, 0.2) is 63.4 Å². The molecule has 19 aromatic rings. The van der Waals surface area contributed by atoms with Gasteiger partial charge in [0.1, 0.15) is 17.3 Å². The molecule has 0 saturated carbocycles. The van der Waals surface area contributed by atoms with Gasteiger partial charge in [-0.3, -0.25) is 0 Å². The fraction of sp³-hybridized carbons (Fsp3) is 0.217. The van der Waals surface area contributed by atoms with Crippen molar-refractivity contribution in [1.82, 2.24) is 102 Å². The molecule has 0 fully saturated rings. The fourth-order valence-corrected chi connectivity index (χ4v) is 14.5. The van der Waals surface area contributed by atoms with Gasteiger partial charge in [0.25, 0.3) is 0 Å². The van der Waals surface area contributed by atoms with E-state index in [4.69, 9.17) is 19.9 Å². The molecule has 0 aliphatic carbocycles. The minimum absolute atomic E-state index is 0. The second kappa shape index (κ2) is 27.9. The first-order chi connectivity index (χ1) is 50.8. The fourth-order valence-electron chi connectivity index (χ4n) is 14.5. The lowest BCUT2D eigenvalue weighted by Crippen LogP contribution is -2.12. The van der Waals surface area contributed by atoms with Gasteiger partial charge in [-0.25, -0.2) is 67.0 Å². The molecule has 22 heteroatoms. The zero-order valence-electron chi connectivity index (χ0n) is 58.9. The summed E-state index contributed by atoms with van der Waals surface area (Å²) in [6.45, 7) is 11.2. The van der Waals surface area contributed by atoms with E-state index in [-0.39, 0.29) is 18.9 Å². The number of imidazole rings is 3. The van der Waals surface area contributed by atoms with Crippen LogP contribution in [0.4, 0.5) is 4.39 Å². The van der Waals surface area contributed by atoms with E-state index in [9.17, 15) is 4.39 Å². The SMILES string of the molecule is C.Cc1c(CCc2nc3c(F)ccc(C)n3n2)nc2c3ccccc3ccn12.Cc1cc2c(nc(CCc3nc4ccccn4n3)n2C)c2ccccc12.Cc1cc2ccccc2c2nc(CCc3nc4ccccn4n3)n(C)c12.Cc1cccc2nc(CCc3nc4n(n3)CCc3ccccc3-4)nn12. The zero-order chi connectivity index (χ0) is 70.7. The Labute approximate surface area is 604 Å². The van der Waals surface area contributed by atoms with Crippen LogP contribution in [0.15, 0.2) is 201 Å². The number of halogens is 1. The Kier molecular flexibility index (Phi) is 17.8. The second-order valence-corrected chi connectivity index (χ2v) is 26.7. The number of fused-ring (bicyclic) bond motifs is 16. The van der Waals surface area contributed by atoms with Crippen molar-refractivity contribution in [1.29, 1.82) is 0 Å². The molecule has 20 rings (SSSR count). The molecular formula is C83H78FN21. The van der Waals surface area contributed by atoms with Crippen LogP contribution in [0.1, 0.15) is 87.7 Å². The molecule has 0 bridgehead atoms. The highest BCUT2D eigenvalue weighted by Crippen LogP contribution is 2.32. The van der Waals surface area contributed by atoms with Crippen LogP contribution < -0.4 is 0 Å². The average molecular weight is 1390 g/mol. The number of nitrogens with zero attached hydrogens (tertiary/aromatic N) is 21. The predicted octanol–water partition coefficient (Wildman–Crippen LogP) is 15.1. The van der Waals surface area contributed by atoms with Gasteiger partial charge in [-0.15, -0.1) is 0 Å². The van der Waals surface area contributed by atoms with E-state index in [1.807, 2.05) is 111 Å². The Balaban J connectivity index is 0.000000107. The van der Waals surface area contributed by atoms with Gasteiger partial charge in [-0.1, -0.05) is 123 Å². The molecule has 0 saturated heterocycles. The van der Waals surface area contributed by atoms with E-state index in [1.165, 1.54) is 66.3 Å². The average Bonchev–Trinajstić information content (AvgIpc) is 1.63. The maximum absolute atomic E-state index is 14.0. The molecule has 13 aromatic heterocycles. The number of pyridine rings is 5. The topological polar surface area (TPSA) is 204 Å². The number of benzene rings is 6. The third-order valence-corrected chi connectivity index (χ3v) is 19.9. The van der Waals surface area contributed by atoms with Crippen molar-refractivity contribution in [2.45, 2.75) is 106 Å². The maximum atomic E-state index is 14.0. The number of hydrogen-bond acceptors (Lipinski definition) is 13. The van der Waals surface area contributed by atoms with Crippen molar-refractivity contribution in [2.24, 2.45) is 14.1 Å². The summed E-state index contributed by atoms with van der Waals surface area (Å²) in [5.74, 6) is 6.79. The Hall–Kier alpha value is -12.7. The van der Waals surface area contributed by atoms with Crippen LogP contribution in [0.3, 0.4) is 0 Å². The summed E-state index contributed by atoms with van der Waals surface area (Å²) >= 11 is 0. The lowest BCUT2D eigenvalue weighted by Gasteiger charge is -2.15. The van der Waals surface area contributed by atoms with Crippen LogP contribution in [0.2, 0.25) is 0 Å². The first-order valence-corrected chi connectivity index (χ1v) is 35.3. The summed E-state index contributed by atoms with van der Waals surface area (Å²) in [4.78, 5) is 37.7. The van der Waals surface area contributed by atoms with Crippen LogP contribution >= 0.6 is 0 Å². The molecule has 522 valence electrons. The normalized spacial score (nSPS) is 12.0. The molecule has 0 amide bonds. The number of hydrogen-bond donors (Lipinski definition) is 0. The van der Waals surface area contributed by atoms with Crippen LogP contribution in [-0.4, -0.2) is 102 Å². The van der Waals surface area contributed by atoms with Crippen LogP contribution in [-0.2, 0) is 78.4 Å². The van der Waals surface area contributed by atoms with Gasteiger partial charge in [-0.05, 0) is 147 Å². The molecule has 0 atom stereocenters. The third-order valence-electron chi connectivity index (χ3n) is 19.9. The number of aryl methyl sites for hydroxylation is 17. The molecule has 1 aliphatic rings. The van der Waals surface area contributed by atoms with E-state index in [1.54, 1.807) is 10.6 Å². The van der Waals surface area contributed by atoms with Crippen LogP contribution in [0.5, 0.6) is 0 Å². The highest BCUT2D eigenvalue weighted by Gasteiger charge is 2.22.